The molecule has 1 N–H and O–H groups in total. The smallest absolute Gasteiger partial charge is 0.261 e. The van der Waals surface area contributed by atoms with E-state index < -0.39 is 23.0 Å². The van der Waals surface area contributed by atoms with Gasteiger partial charge in [-0.25, -0.2) is 18.7 Å². The number of amides is 1. The number of nitrogens with zero attached hydrogens (tertiary/aromatic N) is 5. The van der Waals surface area contributed by atoms with E-state index in [9.17, 15) is 9.59 Å². The van der Waals surface area contributed by atoms with E-state index in [1.54, 1.807) is 18.2 Å². The molecular weight excluding hydrogens is 622 g/mol. The average Bonchev–Trinajstić information content (AvgIpc) is 3.95. The normalized spacial score (nSPS) is 15.1. The number of carbonyl (C=O) groups excluding carboxylic acids is 1. The number of carbonyl (C=O) groups is 1. The Bertz CT molecular complexity index is 2110. The quantitative estimate of drug-likeness (QED) is 0.212. The molecule has 0 atom stereocenters. The van der Waals surface area contributed by atoms with E-state index >= 15 is 8.78 Å². The number of anilines is 2. The number of aromatic nitrogens is 3. The van der Waals surface area contributed by atoms with Crippen LogP contribution >= 0.6 is 0 Å². The fraction of sp³-hybridized carbons (Fsp3) is 0.314. The largest absolute Gasteiger partial charge is 0.493 e. The van der Waals surface area contributed by atoms with Crippen molar-refractivity contribution in [2.24, 2.45) is 0 Å². The molecule has 2 aliphatic rings. The molecule has 1 aliphatic carbocycles. The van der Waals surface area contributed by atoms with Crippen molar-refractivity contribution < 1.29 is 27.8 Å². The lowest BCUT2D eigenvalue weighted by Gasteiger charge is -2.35. The van der Waals surface area contributed by atoms with Crippen molar-refractivity contribution in [2.45, 2.75) is 25.8 Å². The van der Waals surface area contributed by atoms with Gasteiger partial charge >= 0.3 is 0 Å². The number of fused-ring (bicyclic) bond motifs is 2. The molecule has 1 amide bonds. The number of hydrogen-bond donors (Lipinski definition) is 1. The Balaban J connectivity index is 1.15. The maximum absolute atomic E-state index is 15.5. The van der Waals surface area contributed by atoms with Crippen LogP contribution in [0.1, 0.15) is 36.2 Å². The molecule has 2 aromatic heterocycles. The van der Waals surface area contributed by atoms with Crippen LogP contribution in [0.5, 0.6) is 23.1 Å². The van der Waals surface area contributed by atoms with Crippen molar-refractivity contribution in [1.29, 1.82) is 0 Å². The Morgan fingerprint density at radius 1 is 0.917 bits per heavy atom. The highest BCUT2D eigenvalue weighted by Gasteiger charge is 2.29. The first-order valence-corrected chi connectivity index (χ1v) is 15.8. The van der Waals surface area contributed by atoms with Gasteiger partial charge in [-0.2, -0.15) is 0 Å². The van der Waals surface area contributed by atoms with E-state index in [4.69, 9.17) is 14.2 Å². The summed E-state index contributed by atoms with van der Waals surface area (Å²) in [7, 11) is 3.00. The summed E-state index contributed by atoms with van der Waals surface area (Å²) in [6, 6.07) is 10.2. The van der Waals surface area contributed by atoms with Gasteiger partial charge < -0.3 is 33.9 Å². The van der Waals surface area contributed by atoms with Gasteiger partial charge in [0.15, 0.2) is 23.1 Å². The minimum atomic E-state index is -0.775. The summed E-state index contributed by atoms with van der Waals surface area (Å²) < 4.78 is 49.2. The highest BCUT2D eigenvalue weighted by molar-refractivity contribution is 6.06. The van der Waals surface area contributed by atoms with Gasteiger partial charge in [0.05, 0.1) is 36.3 Å². The van der Waals surface area contributed by atoms with E-state index in [1.165, 1.54) is 44.9 Å². The Morgan fingerprint density at radius 2 is 1.67 bits per heavy atom. The fourth-order valence-corrected chi connectivity index (χ4v) is 6.13. The first kappa shape index (κ1) is 31.3. The zero-order valence-corrected chi connectivity index (χ0v) is 26.8. The summed E-state index contributed by atoms with van der Waals surface area (Å²) in [5.41, 5.74) is 0.902. The van der Waals surface area contributed by atoms with Crippen LogP contribution in [0.4, 0.5) is 20.2 Å². The molecule has 3 heterocycles. The van der Waals surface area contributed by atoms with Crippen LogP contribution < -0.4 is 29.9 Å². The number of likely N-dealkylation sites (N-methyl/N-ethyl adjacent to an activating group) is 1. The molecule has 5 aromatic rings. The number of pyridine rings is 1. The summed E-state index contributed by atoms with van der Waals surface area (Å²) in [4.78, 5) is 39.8. The number of piperazine rings is 1. The second-order valence-electron chi connectivity index (χ2n) is 11.9. The molecule has 3 aromatic carbocycles. The maximum atomic E-state index is 15.5. The zero-order valence-electron chi connectivity index (χ0n) is 26.8. The molecule has 1 saturated heterocycles. The van der Waals surface area contributed by atoms with Crippen molar-refractivity contribution in [2.75, 3.05) is 57.2 Å². The summed E-state index contributed by atoms with van der Waals surface area (Å²) in [5, 5.41) is 3.22. The summed E-state index contributed by atoms with van der Waals surface area (Å²) in [5.74, 6) is -1.18. The number of rotatable bonds is 9. The predicted molar refractivity (Wildman–Crippen MR) is 178 cm³/mol. The Morgan fingerprint density at radius 3 is 2.35 bits per heavy atom. The van der Waals surface area contributed by atoms with E-state index in [-0.39, 0.29) is 34.3 Å². The van der Waals surface area contributed by atoms with Gasteiger partial charge in [0.25, 0.3) is 5.91 Å². The second-order valence-corrected chi connectivity index (χ2v) is 11.9. The Labute approximate surface area is 274 Å². The van der Waals surface area contributed by atoms with Crippen LogP contribution in [0.3, 0.4) is 0 Å². The second kappa shape index (κ2) is 12.7. The van der Waals surface area contributed by atoms with E-state index in [0.717, 1.165) is 38.5 Å². The maximum Gasteiger partial charge on any atom is 0.261 e. The van der Waals surface area contributed by atoms with Crippen LogP contribution in [0.15, 0.2) is 59.8 Å². The van der Waals surface area contributed by atoms with E-state index in [0.29, 0.717) is 46.7 Å². The molecule has 0 unspecified atom stereocenters. The molecule has 0 spiro atoms. The molecule has 1 aliphatic heterocycles. The van der Waals surface area contributed by atoms with Crippen molar-refractivity contribution in [1.82, 2.24) is 19.4 Å². The third-order valence-corrected chi connectivity index (χ3v) is 8.95. The van der Waals surface area contributed by atoms with Crippen LogP contribution in [-0.4, -0.2) is 72.3 Å². The molecule has 13 heteroatoms. The van der Waals surface area contributed by atoms with Gasteiger partial charge in [-0.15, -0.1) is 0 Å². The number of halogens is 2. The SMILES string of the molecule is CCN1CCN(c2cc3c(cc2F)c(=O)c(C(=O)Nc2ccc(Oc4ncnc5cc(OC)c(OC)cc45)c(F)c2)cn3C2CC2)CC1. The van der Waals surface area contributed by atoms with Crippen LogP contribution in [0.25, 0.3) is 21.8 Å². The highest BCUT2D eigenvalue weighted by atomic mass is 19.1. The fourth-order valence-electron chi connectivity index (χ4n) is 6.13. The molecule has 2 fully saturated rings. The third-order valence-electron chi connectivity index (χ3n) is 8.95. The molecule has 0 radical (unpaired) electrons. The lowest BCUT2D eigenvalue weighted by atomic mass is 10.1. The van der Waals surface area contributed by atoms with Gasteiger partial charge in [0.2, 0.25) is 11.3 Å². The van der Waals surface area contributed by atoms with Gasteiger partial charge in [-0.1, -0.05) is 6.92 Å². The Kier molecular flexibility index (Phi) is 8.29. The number of methoxy groups -OCH3 is 2. The topological polar surface area (TPSA) is 111 Å². The number of ether oxygens (including phenoxy) is 3. The van der Waals surface area contributed by atoms with Crippen LogP contribution in [0.2, 0.25) is 0 Å². The summed E-state index contributed by atoms with van der Waals surface area (Å²) in [6.07, 6.45) is 4.59. The van der Waals surface area contributed by atoms with Gasteiger partial charge in [-0.05, 0) is 49.7 Å². The molecule has 248 valence electrons. The summed E-state index contributed by atoms with van der Waals surface area (Å²) in [6.45, 7) is 6.08. The lowest BCUT2D eigenvalue weighted by Crippen LogP contribution is -2.46. The standard InChI is InChI=1S/C35H34F2N6O5/c1-4-41-9-11-42(12-10-41)29-17-28-23(14-25(29)36)33(44)24(18-43(28)21-6-7-21)34(45)40-20-5-8-30(26(37)13-20)48-35-22-15-31(46-2)32(47-3)16-27(22)38-19-39-35/h5,8,13-19,21H,4,6-7,9-12H2,1-3H3,(H,40,45). The minimum Gasteiger partial charge on any atom is -0.493 e. The average molecular weight is 657 g/mol. The minimum absolute atomic E-state index is 0.0898. The zero-order chi connectivity index (χ0) is 33.5. The van der Waals surface area contributed by atoms with Crippen LogP contribution in [0, 0.1) is 11.6 Å². The molecule has 48 heavy (non-hydrogen) atoms. The van der Waals surface area contributed by atoms with Crippen molar-refractivity contribution >= 4 is 39.1 Å². The van der Waals surface area contributed by atoms with Crippen molar-refractivity contribution in [3.8, 4) is 23.1 Å². The molecule has 7 rings (SSSR count). The highest BCUT2D eigenvalue weighted by Crippen LogP contribution is 2.39. The van der Waals surface area contributed by atoms with E-state index in [1.807, 2.05) is 9.47 Å². The number of hydrogen-bond acceptors (Lipinski definition) is 9. The van der Waals surface area contributed by atoms with Gasteiger partial charge in [-0.3, -0.25) is 9.59 Å². The monoisotopic (exact) mass is 656 g/mol. The Hall–Kier alpha value is -5.30. The predicted octanol–water partition coefficient (Wildman–Crippen LogP) is 5.76. The van der Waals surface area contributed by atoms with E-state index in [2.05, 4.69) is 27.1 Å². The van der Waals surface area contributed by atoms with Crippen LogP contribution in [-0.2, 0) is 0 Å². The third kappa shape index (κ3) is 5.85. The summed E-state index contributed by atoms with van der Waals surface area (Å²) >= 11 is 0. The molecule has 11 nitrogen and oxygen atoms in total. The van der Waals surface area contributed by atoms with Crippen molar-refractivity contribution in [3.63, 3.8) is 0 Å². The van der Waals surface area contributed by atoms with Gasteiger partial charge in [0.1, 0.15) is 17.7 Å². The number of nitrogens with one attached hydrogen (secondary N) is 1. The van der Waals surface area contributed by atoms with Crippen molar-refractivity contribution in [3.05, 3.63) is 82.4 Å². The number of benzene rings is 3. The molecular formula is C35H34F2N6O5. The molecule has 0 bridgehead atoms. The first-order valence-electron chi connectivity index (χ1n) is 15.8. The lowest BCUT2D eigenvalue weighted by molar-refractivity contribution is 0.102. The first-order chi connectivity index (χ1) is 23.3. The van der Waals surface area contributed by atoms with Gasteiger partial charge in [0, 0.05) is 61.6 Å². The molecule has 1 saturated carbocycles.